The molecule has 0 aromatic heterocycles. The van der Waals surface area contributed by atoms with Crippen molar-refractivity contribution in [3.63, 3.8) is 0 Å². The lowest BCUT2D eigenvalue weighted by Crippen LogP contribution is -2.46. The predicted molar refractivity (Wildman–Crippen MR) is 82.8 cm³/mol. The minimum atomic E-state index is -3.86. The number of benzene rings is 1. The van der Waals surface area contributed by atoms with Gasteiger partial charge in [-0.3, -0.25) is 9.10 Å². The molecular formula is C15H20N2O4S. The fourth-order valence-corrected chi connectivity index (χ4v) is 4.29. The first-order valence-electron chi connectivity index (χ1n) is 7.59. The van der Waals surface area contributed by atoms with E-state index in [1.807, 2.05) is 12.1 Å². The van der Waals surface area contributed by atoms with Gasteiger partial charge in [-0.15, -0.1) is 0 Å². The molecule has 2 aliphatic rings. The van der Waals surface area contributed by atoms with Crippen LogP contribution >= 0.6 is 0 Å². The first kappa shape index (κ1) is 15.3. The zero-order valence-corrected chi connectivity index (χ0v) is 13.1. The van der Waals surface area contributed by atoms with Crippen molar-refractivity contribution in [1.82, 2.24) is 4.72 Å². The van der Waals surface area contributed by atoms with Crippen LogP contribution in [0.25, 0.3) is 0 Å². The maximum Gasteiger partial charge on any atom is 0.326 e. The second-order valence-corrected chi connectivity index (χ2v) is 7.27. The summed E-state index contributed by atoms with van der Waals surface area (Å²) in [6.45, 7) is 1.03. The highest BCUT2D eigenvalue weighted by Gasteiger charge is 2.29. The molecular weight excluding hydrogens is 304 g/mol. The first-order valence-corrected chi connectivity index (χ1v) is 9.03. The highest BCUT2D eigenvalue weighted by Crippen LogP contribution is 2.28. The lowest BCUT2D eigenvalue weighted by atomic mass is 10.0. The van der Waals surface area contributed by atoms with Gasteiger partial charge >= 0.3 is 10.2 Å². The van der Waals surface area contributed by atoms with Gasteiger partial charge in [0, 0.05) is 13.2 Å². The molecule has 22 heavy (non-hydrogen) atoms. The number of hydrogen-bond acceptors (Lipinski definition) is 4. The van der Waals surface area contributed by atoms with Crippen LogP contribution in [0.4, 0.5) is 5.69 Å². The summed E-state index contributed by atoms with van der Waals surface area (Å²) in [7, 11) is -3.86. The molecule has 7 heteroatoms. The van der Waals surface area contributed by atoms with E-state index in [0.717, 1.165) is 31.2 Å². The largest absolute Gasteiger partial charge is 0.378 e. The van der Waals surface area contributed by atoms with Crippen LogP contribution in [-0.4, -0.2) is 33.6 Å². The topological polar surface area (TPSA) is 75.7 Å². The molecule has 2 heterocycles. The number of nitrogens with one attached hydrogen (secondary N) is 1. The van der Waals surface area contributed by atoms with Gasteiger partial charge in [0.15, 0.2) is 0 Å². The number of fused-ring (bicyclic) bond motifs is 1. The zero-order valence-electron chi connectivity index (χ0n) is 12.3. The molecule has 0 unspecified atom stereocenters. The molecule has 0 bridgehead atoms. The van der Waals surface area contributed by atoms with Crippen LogP contribution in [0.1, 0.15) is 31.2 Å². The molecule has 0 saturated carbocycles. The van der Waals surface area contributed by atoms with Gasteiger partial charge in [-0.1, -0.05) is 18.2 Å². The van der Waals surface area contributed by atoms with E-state index in [1.54, 1.807) is 12.1 Å². The fourth-order valence-electron chi connectivity index (χ4n) is 3.00. The summed E-state index contributed by atoms with van der Waals surface area (Å²) in [5.74, 6) is -0.505. The third-order valence-corrected chi connectivity index (χ3v) is 5.48. The molecule has 1 aromatic carbocycles. The van der Waals surface area contributed by atoms with E-state index in [9.17, 15) is 13.2 Å². The van der Waals surface area contributed by atoms with Gasteiger partial charge in [0.25, 0.3) is 0 Å². The minimum absolute atomic E-state index is 0.0920. The maximum absolute atomic E-state index is 12.5. The Labute approximate surface area is 130 Å². The van der Waals surface area contributed by atoms with Crippen LogP contribution < -0.4 is 9.03 Å². The van der Waals surface area contributed by atoms with E-state index in [2.05, 4.69) is 4.72 Å². The summed E-state index contributed by atoms with van der Waals surface area (Å²) in [5, 5.41) is 0. The van der Waals surface area contributed by atoms with Gasteiger partial charge in [-0.25, -0.2) is 4.72 Å². The van der Waals surface area contributed by atoms with Crippen LogP contribution in [-0.2, 0) is 26.2 Å². The van der Waals surface area contributed by atoms with Crippen molar-refractivity contribution in [1.29, 1.82) is 0 Å². The van der Waals surface area contributed by atoms with Crippen LogP contribution in [0, 0.1) is 0 Å². The molecule has 1 saturated heterocycles. The van der Waals surface area contributed by atoms with E-state index in [-0.39, 0.29) is 12.5 Å². The Hall–Kier alpha value is -1.60. The van der Waals surface area contributed by atoms with Crippen molar-refractivity contribution in [3.05, 3.63) is 29.8 Å². The third-order valence-electron chi connectivity index (χ3n) is 4.04. The molecule has 0 spiro atoms. The smallest absolute Gasteiger partial charge is 0.326 e. The summed E-state index contributed by atoms with van der Waals surface area (Å²) < 4.78 is 33.8. The van der Waals surface area contributed by atoms with E-state index in [4.69, 9.17) is 4.74 Å². The van der Waals surface area contributed by atoms with Crippen LogP contribution in [0.3, 0.4) is 0 Å². The van der Waals surface area contributed by atoms with Crippen molar-refractivity contribution >= 4 is 21.8 Å². The highest BCUT2D eigenvalue weighted by molar-refractivity contribution is 7.91. The van der Waals surface area contributed by atoms with E-state index in [0.29, 0.717) is 18.8 Å². The Bertz CT molecular complexity index is 653. The molecule has 1 N–H and O–H groups in total. The Balaban J connectivity index is 1.72. The van der Waals surface area contributed by atoms with Crippen LogP contribution in [0.2, 0.25) is 0 Å². The van der Waals surface area contributed by atoms with Crippen molar-refractivity contribution in [2.24, 2.45) is 0 Å². The summed E-state index contributed by atoms with van der Waals surface area (Å²) in [5.41, 5.74) is 1.65. The standard InChI is InChI=1S/C15H20N2O4S/c18-15(11-13-7-4-10-21-13)16-22(19,20)17-9-3-6-12-5-1-2-8-14(12)17/h1-2,5,8,13H,3-4,6-7,9-11H2,(H,16,18)/t13-/m1/s1. The molecule has 3 rings (SSSR count). The molecule has 1 fully saturated rings. The maximum atomic E-state index is 12.5. The number of rotatable bonds is 4. The molecule has 1 atom stereocenters. The van der Waals surface area contributed by atoms with E-state index in [1.165, 1.54) is 4.31 Å². The Morgan fingerprint density at radius 3 is 2.91 bits per heavy atom. The quantitative estimate of drug-likeness (QED) is 0.907. The Morgan fingerprint density at radius 2 is 2.14 bits per heavy atom. The second-order valence-electron chi connectivity index (χ2n) is 5.67. The number of carbonyl (C=O) groups excluding carboxylic acids is 1. The van der Waals surface area contributed by atoms with Gasteiger partial charge in [-0.05, 0) is 37.3 Å². The van der Waals surface area contributed by atoms with Gasteiger partial charge < -0.3 is 4.74 Å². The fraction of sp³-hybridized carbons (Fsp3) is 0.533. The monoisotopic (exact) mass is 324 g/mol. The molecule has 1 amide bonds. The third kappa shape index (κ3) is 3.25. The lowest BCUT2D eigenvalue weighted by Gasteiger charge is -2.30. The summed E-state index contributed by atoms with van der Waals surface area (Å²) in [6, 6.07) is 7.40. The summed E-state index contributed by atoms with van der Waals surface area (Å²) in [6.07, 6.45) is 3.26. The number of carbonyl (C=O) groups is 1. The van der Waals surface area contributed by atoms with Gasteiger partial charge in [0.2, 0.25) is 5.91 Å². The van der Waals surface area contributed by atoms with Crippen molar-refractivity contribution in [2.75, 3.05) is 17.5 Å². The van der Waals surface area contributed by atoms with Crippen LogP contribution in [0.5, 0.6) is 0 Å². The Kier molecular flexibility index (Phi) is 4.35. The second kappa shape index (κ2) is 6.26. The number of para-hydroxylation sites is 1. The molecule has 2 aliphatic heterocycles. The SMILES string of the molecule is O=C(C[C@H]1CCCO1)NS(=O)(=O)N1CCCc2ccccc21. The van der Waals surface area contributed by atoms with Gasteiger partial charge in [-0.2, -0.15) is 8.42 Å². The number of aryl methyl sites for hydroxylation is 1. The number of nitrogens with zero attached hydrogens (tertiary/aromatic N) is 1. The molecule has 1 aromatic rings. The number of anilines is 1. The molecule has 0 aliphatic carbocycles. The minimum Gasteiger partial charge on any atom is -0.378 e. The average molecular weight is 324 g/mol. The summed E-state index contributed by atoms with van der Waals surface area (Å²) in [4.78, 5) is 12.0. The lowest BCUT2D eigenvalue weighted by molar-refractivity contribution is -0.121. The van der Waals surface area contributed by atoms with Crippen LogP contribution in [0.15, 0.2) is 24.3 Å². The van der Waals surface area contributed by atoms with Crippen molar-refractivity contribution in [2.45, 2.75) is 38.2 Å². The molecule has 120 valence electrons. The first-order chi connectivity index (χ1) is 10.6. The molecule has 0 radical (unpaired) electrons. The van der Waals surface area contributed by atoms with Gasteiger partial charge in [0.05, 0.1) is 18.2 Å². The average Bonchev–Trinajstić information content (AvgIpc) is 2.98. The number of ether oxygens (including phenoxy) is 1. The number of hydrogen-bond donors (Lipinski definition) is 1. The predicted octanol–water partition coefficient (Wildman–Crippen LogP) is 1.37. The molecule has 6 nitrogen and oxygen atoms in total. The highest BCUT2D eigenvalue weighted by atomic mass is 32.2. The summed E-state index contributed by atoms with van der Waals surface area (Å²) >= 11 is 0. The van der Waals surface area contributed by atoms with Crippen molar-refractivity contribution in [3.8, 4) is 0 Å². The van der Waals surface area contributed by atoms with E-state index < -0.39 is 16.1 Å². The zero-order chi connectivity index (χ0) is 15.6. The Morgan fingerprint density at radius 1 is 1.32 bits per heavy atom. The number of amides is 1. The normalized spacial score (nSPS) is 21.5. The van der Waals surface area contributed by atoms with Gasteiger partial charge in [0.1, 0.15) is 0 Å². The van der Waals surface area contributed by atoms with E-state index >= 15 is 0 Å². The van der Waals surface area contributed by atoms with Crippen molar-refractivity contribution < 1.29 is 17.9 Å².